The number of nitrogens with one attached hydrogen (secondary N) is 1. The van der Waals surface area contributed by atoms with Crippen LogP contribution in [0.25, 0.3) is 0 Å². The van der Waals surface area contributed by atoms with E-state index in [0.29, 0.717) is 36.1 Å². The highest BCUT2D eigenvalue weighted by molar-refractivity contribution is 6.30. The fourth-order valence-corrected chi connectivity index (χ4v) is 2.35. The first-order valence-electron chi connectivity index (χ1n) is 7.92. The van der Waals surface area contributed by atoms with Gasteiger partial charge in [-0.05, 0) is 17.7 Å². The van der Waals surface area contributed by atoms with Crippen LogP contribution in [0.4, 0.5) is 17.8 Å². The normalized spacial score (nSPS) is 14.8. The molecule has 1 saturated heterocycles. The van der Waals surface area contributed by atoms with Gasteiger partial charge in [-0.25, -0.2) is 5.43 Å². The van der Waals surface area contributed by atoms with Crippen molar-refractivity contribution >= 4 is 35.7 Å². The van der Waals surface area contributed by atoms with Crippen LogP contribution in [-0.2, 0) is 4.74 Å². The standard InChI is InChI=1S/C16H20ClN7O/c1-23(2)15-19-14(20-16(21-15)24-7-9-25-10-8-24)22-18-11-12-3-5-13(17)6-4-12/h3-6,11H,7-10H2,1-2H3,(H,19,20,21,22)/b18-11-. The Morgan fingerprint density at radius 3 is 2.56 bits per heavy atom. The first kappa shape index (κ1) is 17.4. The highest BCUT2D eigenvalue weighted by Gasteiger charge is 2.17. The highest BCUT2D eigenvalue weighted by Crippen LogP contribution is 2.16. The molecule has 0 saturated carbocycles. The number of halogens is 1. The molecule has 8 nitrogen and oxygen atoms in total. The van der Waals surface area contributed by atoms with Crippen molar-refractivity contribution < 1.29 is 4.74 Å². The Bertz CT molecular complexity index is 730. The Morgan fingerprint density at radius 1 is 1.16 bits per heavy atom. The van der Waals surface area contributed by atoms with Gasteiger partial charge in [0.15, 0.2) is 0 Å². The quantitative estimate of drug-likeness (QED) is 0.643. The second-order valence-electron chi connectivity index (χ2n) is 5.67. The molecular formula is C16H20ClN7O. The van der Waals surface area contributed by atoms with Crippen molar-refractivity contribution in [2.45, 2.75) is 0 Å². The van der Waals surface area contributed by atoms with Crippen molar-refractivity contribution in [3.8, 4) is 0 Å². The van der Waals surface area contributed by atoms with Crippen molar-refractivity contribution in [2.75, 3.05) is 55.6 Å². The summed E-state index contributed by atoms with van der Waals surface area (Å²) in [5.41, 5.74) is 3.80. The lowest BCUT2D eigenvalue weighted by atomic mass is 10.2. The number of hydrazone groups is 1. The first-order chi connectivity index (χ1) is 12.1. The molecule has 1 aliphatic rings. The SMILES string of the molecule is CN(C)c1nc(N/N=C\c2ccc(Cl)cc2)nc(N2CCOCC2)n1. The van der Waals surface area contributed by atoms with Gasteiger partial charge in [-0.15, -0.1) is 0 Å². The first-order valence-corrected chi connectivity index (χ1v) is 8.30. The van der Waals surface area contributed by atoms with Gasteiger partial charge in [-0.3, -0.25) is 0 Å². The second-order valence-corrected chi connectivity index (χ2v) is 6.11. The fraction of sp³-hybridized carbons (Fsp3) is 0.375. The van der Waals surface area contributed by atoms with Crippen LogP contribution in [0.3, 0.4) is 0 Å². The van der Waals surface area contributed by atoms with Crippen molar-refractivity contribution in [3.63, 3.8) is 0 Å². The molecule has 25 heavy (non-hydrogen) atoms. The smallest absolute Gasteiger partial charge is 0.250 e. The molecule has 1 aliphatic heterocycles. The molecule has 1 fully saturated rings. The third-order valence-electron chi connectivity index (χ3n) is 3.55. The molecule has 0 amide bonds. The molecule has 132 valence electrons. The minimum atomic E-state index is 0.394. The van der Waals surface area contributed by atoms with Gasteiger partial charge in [0.05, 0.1) is 19.4 Å². The van der Waals surface area contributed by atoms with Gasteiger partial charge in [-0.2, -0.15) is 20.1 Å². The summed E-state index contributed by atoms with van der Waals surface area (Å²) in [6, 6.07) is 7.38. The van der Waals surface area contributed by atoms with Crippen molar-refractivity contribution in [2.24, 2.45) is 5.10 Å². The Hall–Kier alpha value is -2.45. The number of ether oxygens (including phenoxy) is 1. The van der Waals surface area contributed by atoms with Gasteiger partial charge < -0.3 is 14.5 Å². The number of morpholine rings is 1. The molecule has 0 radical (unpaired) electrons. The lowest BCUT2D eigenvalue weighted by molar-refractivity contribution is 0.122. The van der Waals surface area contributed by atoms with E-state index in [4.69, 9.17) is 16.3 Å². The summed E-state index contributed by atoms with van der Waals surface area (Å²) in [6.45, 7) is 2.84. The van der Waals surface area contributed by atoms with Gasteiger partial charge >= 0.3 is 0 Å². The molecule has 0 spiro atoms. The third kappa shape index (κ3) is 4.77. The van der Waals surface area contributed by atoms with Crippen LogP contribution in [0.15, 0.2) is 29.4 Å². The Morgan fingerprint density at radius 2 is 1.88 bits per heavy atom. The Kier molecular flexibility index (Phi) is 5.62. The molecule has 0 aliphatic carbocycles. The van der Waals surface area contributed by atoms with E-state index < -0.39 is 0 Å². The summed E-state index contributed by atoms with van der Waals surface area (Å²) >= 11 is 5.87. The average molecular weight is 362 g/mol. The number of aromatic nitrogens is 3. The predicted molar refractivity (Wildman–Crippen MR) is 99.9 cm³/mol. The molecule has 1 aromatic carbocycles. The van der Waals surface area contributed by atoms with Crippen molar-refractivity contribution in [1.29, 1.82) is 0 Å². The summed E-state index contributed by atoms with van der Waals surface area (Å²) in [5.74, 6) is 1.58. The maximum absolute atomic E-state index is 5.87. The summed E-state index contributed by atoms with van der Waals surface area (Å²) < 4.78 is 5.38. The van der Waals surface area contributed by atoms with Crippen LogP contribution in [0.2, 0.25) is 5.02 Å². The van der Waals surface area contributed by atoms with Gasteiger partial charge in [0, 0.05) is 32.2 Å². The molecule has 2 heterocycles. The Labute approximate surface area is 151 Å². The van der Waals surface area contributed by atoms with Gasteiger partial charge in [0.1, 0.15) is 0 Å². The van der Waals surface area contributed by atoms with E-state index in [-0.39, 0.29) is 0 Å². The highest BCUT2D eigenvalue weighted by atomic mass is 35.5. The molecule has 0 bridgehead atoms. The number of rotatable bonds is 5. The zero-order valence-corrected chi connectivity index (χ0v) is 14.9. The molecule has 0 atom stereocenters. The van der Waals surface area contributed by atoms with Crippen LogP contribution < -0.4 is 15.2 Å². The molecule has 0 unspecified atom stereocenters. The molecule has 3 rings (SSSR count). The van der Waals surface area contributed by atoms with E-state index in [1.54, 1.807) is 6.21 Å². The van der Waals surface area contributed by atoms with E-state index in [2.05, 4.69) is 30.4 Å². The third-order valence-corrected chi connectivity index (χ3v) is 3.81. The molecule has 2 aromatic rings. The summed E-state index contributed by atoms with van der Waals surface area (Å²) in [4.78, 5) is 17.2. The van der Waals surface area contributed by atoms with E-state index in [9.17, 15) is 0 Å². The maximum Gasteiger partial charge on any atom is 0.250 e. The van der Waals surface area contributed by atoms with Crippen molar-refractivity contribution in [3.05, 3.63) is 34.9 Å². The fourth-order valence-electron chi connectivity index (χ4n) is 2.22. The van der Waals surface area contributed by atoms with E-state index in [0.717, 1.165) is 18.7 Å². The number of anilines is 3. The minimum absolute atomic E-state index is 0.394. The summed E-state index contributed by atoms with van der Waals surface area (Å²) in [5, 5.41) is 4.88. The lowest BCUT2D eigenvalue weighted by Crippen LogP contribution is -2.37. The van der Waals surface area contributed by atoms with Crippen LogP contribution >= 0.6 is 11.6 Å². The summed E-state index contributed by atoms with van der Waals surface area (Å²) in [6.07, 6.45) is 1.68. The number of nitrogens with zero attached hydrogens (tertiary/aromatic N) is 6. The Balaban J connectivity index is 1.77. The van der Waals surface area contributed by atoms with Crippen LogP contribution in [-0.4, -0.2) is 61.6 Å². The lowest BCUT2D eigenvalue weighted by Gasteiger charge is -2.27. The monoisotopic (exact) mass is 361 g/mol. The van der Waals surface area contributed by atoms with Crippen LogP contribution in [0, 0.1) is 0 Å². The minimum Gasteiger partial charge on any atom is -0.378 e. The van der Waals surface area contributed by atoms with Crippen LogP contribution in [0.1, 0.15) is 5.56 Å². The van der Waals surface area contributed by atoms with Crippen molar-refractivity contribution in [1.82, 2.24) is 15.0 Å². The molecular weight excluding hydrogens is 342 g/mol. The second kappa shape index (κ2) is 8.09. The largest absolute Gasteiger partial charge is 0.378 e. The number of hydrogen-bond acceptors (Lipinski definition) is 8. The predicted octanol–water partition coefficient (Wildman–Crippen LogP) is 1.87. The van der Waals surface area contributed by atoms with Gasteiger partial charge in [0.25, 0.3) is 0 Å². The zero-order chi connectivity index (χ0) is 17.6. The van der Waals surface area contributed by atoms with Gasteiger partial charge in [-0.1, -0.05) is 23.7 Å². The van der Waals surface area contributed by atoms with Crippen LogP contribution in [0.5, 0.6) is 0 Å². The molecule has 1 aromatic heterocycles. The zero-order valence-electron chi connectivity index (χ0n) is 14.2. The number of hydrogen-bond donors (Lipinski definition) is 1. The number of benzene rings is 1. The van der Waals surface area contributed by atoms with E-state index >= 15 is 0 Å². The topological polar surface area (TPSA) is 78.8 Å². The molecule has 1 N–H and O–H groups in total. The average Bonchev–Trinajstić information content (AvgIpc) is 2.64. The molecule has 9 heteroatoms. The van der Waals surface area contributed by atoms with Gasteiger partial charge in [0.2, 0.25) is 17.8 Å². The summed E-state index contributed by atoms with van der Waals surface area (Å²) in [7, 11) is 3.78. The van der Waals surface area contributed by atoms with E-state index in [1.807, 2.05) is 43.3 Å². The maximum atomic E-state index is 5.87. The van der Waals surface area contributed by atoms with E-state index in [1.165, 1.54) is 0 Å².